The Kier molecular flexibility index (Phi) is 6.58. The van der Waals surface area contributed by atoms with Gasteiger partial charge in [0.2, 0.25) is 0 Å². The van der Waals surface area contributed by atoms with Crippen LogP contribution in [0.4, 0.5) is 0 Å². The molecule has 0 saturated heterocycles. The normalized spacial score (nSPS) is 21.1. The van der Waals surface area contributed by atoms with Gasteiger partial charge in [-0.2, -0.15) is 0 Å². The highest BCUT2D eigenvalue weighted by Crippen LogP contribution is 2.33. The van der Waals surface area contributed by atoms with Crippen LogP contribution in [0.5, 0.6) is 0 Å². The third kappa shape index (κ3) is 4.51. The summed E-state index contributed by atoms with van der Waals surface area (Å²) in [5, 5.41) is 0.348. The van der Waals surface area contributed by atoms with Gasteiger partial charge in [0.05, 0.1) is 4.90 Å². The van der Waals surface area contributed by atoms with Crippen molar-refractivity contribution in [2.24, 2.45) is 17.8 Å². The first-order chi connectivity index (χ1) is 12.2. The Balaban J connectivity index is 2.13. The molecule has 2 rings (SSSR count). The first kappa shape index (κ1) is 20.6. The van der Waals surface area contributed by atoms with Gasteiger partial charge in [-0.3, -0.25) is 14.4 Å². The molecule has 8 heteroatoms. The van der Waals surface area contributed by atoms with E-state index in [0.717, 1.165) is 12.8 Å². The molecule has 0 unspecified atom stereocenters. The Morgan fingerprint density at radius 1 is 1.12 bits per heavy atom. The number of ketones is 2. The minimum atomic E-state index is -4.17. The zero-order valence-corrected chi connectivity index (χ0v) is 16.3. The molecule has 0 atom stereocenters. The molecule has 1 amide bonds. The third-order valence-corrected chi connectivity index (χ3v) is 6.52. The minimum Gasteiger partial charge on any atom is -0.298 e. The topological polar surface area (TPSA) is 97.4 Å². The van der Waals surface area contributed by atoms with E-state index in [9.17, 15) is 22.8 Å². The number of nitrogens with one attached hydrogen (secondary N) is 1. The first-order valence-electron chi connectivity index (χ1n) is 8.57. The monoisotopic (exact) mass is 399 g/mol. The van der Waals surface area contributed by atoms with Crippen molar-refractivity contribution < 1.29 is 22.8 Å². The summed E-state index contributed by atoms with van der Waals surface area (Å²) in [7, 11) is -4.17. The molecule has 0 aliphatic heterocycles. The number of Topliss-reactive ketones (excluding diaryl/α,β-unsaturated/α-hetero) is 2. The summed E-state index contributed by atoms with van der Waals surface area (Å²) < 4.78 is 26.4. The van der Waals surface area contributed by atoms with Crippen molar-refractivity contribution in [2.75, 3.05) is 0 Å². The highest BCUT2D eigenvalue weighted by molar-refractivity contribution is 7.90. The summed E-state index contributed by atoms with van der Waals surface area (Å²) in [5.74, 6) is -3.50. The fourth-order valence-electron chi connectivity index (χ4n) is 3.45. The predicted molar refractivity (Wildman–Crippen MR) is 97.1 cm³/mol. The molecular weight excluding hydrogens is 378 g/mol. The predicted octanol–water partition coefficient (Wildman–Crippen LogP) is 2.75. The number of carbonyl (C=O) groups excluding carboxylic acids is 3. The van der Waals surface area contributed by atoms with Gasteiger partial charge >= 0.3 is 0 Å². The Morgan fingerprint density at radius 3 is 2.08 bits per heavy atom. The fourth-order valence-corrected chi connectivity index (χ4v) is 4.57. The lowest BCUT2D eigenvalue weighted by Crippen LogP contribution is -2.47. The largest absolute Gasteiger partial charge is 0.298 e. The lowest BCUT2D eigenvalue weighted by atomic mass is 9.72. The van der Waals surface area contributed by atoms with Crippen LogP contribution in [0.3, 0.4) is 0 Å². The zero-order valence-electron chi connectivity index (χ0n) is 14.7. The van der Waals surface area contributed by atoms with Crippen LogP contribution in [0.25, 0.3) is 0 Å². The average molecular weight is 400 g/mol. The number of hydrogen-bond acceptors (Lipinski definition) is 5. The molecule has 1 aliphatic carbocycles. The van der Waals surface area contributed by atoms with Gasteiger partial charge in [-0.05, 0) is 36.1 Å². The molecule has 0 aromatic heterocycles. The smallest absolute Gasteiger partial charge is 0.264 e. The molecule has 142 valence electrons. The van der Waals surface area contributed by atoms with Crippen molar-refractivity contribution in [1.29, 1.82) is 0 Å². The van der Waals surface area contributed by atoms with E-state index < -0.39 is 33.4 Å². The lowest BCUT2D eigenvalue weighted by Gasteiger charge is -2.30. The summed E-state index contributed by atoms with van der Waals surface area (Å²) >= 11 is 5.72. The van der Waals surface area contributed by atoms with Crippen LogP contribution in [0, 0.1) is 17.8 Å². The van der Waals surface area contributed by atoms with Crippen LogP contribution >= 0.6 is 11.6 Å². The molecule has 0 radical (unpaired) electrons. The van der Waals surface area contributed by atoms with Gasteiger partial charge in [0.15, 0.2) is 17.5 Å². The second-order valence-electron chi connectivity index (χ2n) is 6.53. The van der Waals surface area contributed by atoms with Gasteiger partial charge < -0.3 is 0 Å². The van der Waals surface area contributed by atoms with Gasteiger partial charge in [0, 0.05) is 17.9 Å². The summed E-state index contributed by atoms with van der Waals surface area (Å²) in [6.45, 7) is 4.00. The SMILES string of the molecule is CCC(CC)C1CC(=O)C(C(=O)NS(=O)(=O)c2ccc(Cl)cc2)C(=O)C1. The minimum absolute atomic E-state index is 0.0816. The second kappa shape index (κ2) is 8.31. The van der Waals surface area contributed by atoms with Crippen molar-refractivity contribution in [3.8, 4) is 0 Å². The second-order valence-corrected chi connectivity index (χ2v) is 8.65. The number of halogens is 1. The third-order valence-electron chi connectivity index (χ3n) is 4.91. The van der Waals surface area contributed by atoms with Crippen LogP contribution < -0.4 is 4.72 Å². The average Bonchev–Trinajstić information content (AvgIpc) is 2.55. The van der Waals surface area contributed by atoms with E-state index in [1.165, 1.54) is 24.3 Å². The molecule has 0 bridgehead atoms. The number of carbonyl (C=O) groups is 3. The van der Waals surface area contributed by atoms with Crippen LogP contribution in [0.2, 0.25) is 5.02 Å². The summed E-state index contributed by atoms with van der Waals surface area (Å²) in [4.78, 5) is 36.9. The highest BCUT2D eigenvalue weighted by atomic mass is 35.5. The van der Waals surface area contributed by atoms with Crippen molar-refractivity contribution in [1.82, 2.24) is 4.72 Å². The number of sulfonamides is 1. The van der Waals surface area contributed by atoms with E-state index in [1.807, 2.05) is 18.6 Å². The Morgan fingerprint density at radius 2 is 1.62 bits per heavy atom. The molecule has 1 saturated carbocycles. The quantitative estimate of drug-likeness (QED) is 0.741. The fraction of sp³-hybridized carbons (Fsp3) is 0.500. The van der Waals surface area contributed by atoms with Crippen molar-refractivity contribution in [3.05, 3.63) is 29.3 Å². The summed E-state index contributed by atoms with van der Waals surface area (Å²) in [6, 6.07) is 5.23. The molecule has 6 nitrogen and oxygen atoms in total. The van der Waals surface area contributed by atoms with Crippen molar-refractivity contribution >= 4 is 39.1 Å². The van der Waals surface area contributed by atoms with Gasteiger partial charge in [0.25, 0.3) is 15.9 Å². The molecule has 1 aromatic rings. The van der Waals surface area contributed by atoms with E-state index in [1.54, 1.807) is 0 Å². The number of amides is 1. The van der Waals surface area contributed by atoms with E-state index in [2.05, 4.69) is 0 Å². The maximum Gasteiger partial charge on any atom is 0.264 e. The summed E-state index contributed by atoms with van der Waals surface area (Å²) in [5.41, 5.74) is 0. The molecule has 0 heterocycles. The molecule has 26 heavy (non-hydrogen) atoms. The zero-order chi connectivity index (χ0) is 19.5. The standard InChI is InChI=1S/C18H22ClNO5S/c1-3-11(4-2)12-9-15(21)17(16(22)10-12)18(23)20-26(24,25)14-7-5-13(19)6-8-14/h5-8,11-12,17H,3-4,9-10H2,1-2H3,(H,20,23). The maximum absolute atomic E-state index is 12.4. The highest BCUT2D eigenvalue weighted by Gasteiger charge is 2.42. The lowest BCUT2D eigenvalue weighted by molar-refractivity contribution is -0.144. The maximum atomic E-state index is 12.4. The number of benzene rings is 1. The van der Waals surface area contributed by atoms with Crippen LogP contribution in [0.15, 0.2) is 29.2 Å². The number of hydrogen-bond donors (Lipinski definition) is 1. The summed E-state index contributed by atoms with van der Waals surface area (Å²) in [6.07, 6.45) is 1.95. The molecule has 1 fully saturated rings. The van der Waals surface area contributed by atoms with E-state index in [-0.39, 0.29) is 29.6 Å². The molecular formula is C18H22ClNO5S. The Hall–Kier alpha value is -1.73. The van der Waals surface area contributed by atoms with E-state index in [0.29, 0.717) is 5.02 Å². The van der Waals surface area contributed by atoms with Crippen molar-refractivity contribution in [2.45, 2.75) is 44.4 Å². The molecule has 1 N–H and O–H groups in total. The van der Waals surface area contributed by atoms with Crippen LogP contribution in [0.1, 0.15) is 39.5 Å². The first-order valence-corrected chi connectivity index (χ1v) is 10.4. The van der Waals surface area contributed by atoms with E-state index in [4.69, 9.17) is 11.6 Å². The number of rotatable bonds is 6. The van der Waals surface area contributed by atoms with E-state index >= 15 is 0 Å². The Bertz CT molecular complexity index is 781. The molecule has 0 spiro atoms. The van der Waals surface area contributed by atoms with Crippen molar-refractivity contribution in [3.63, 3.8) is 0 Å². The van der Waals surface area contributed by atoms with Gasteiger partial charge in [-0.15, -0.1) is 0 Å². The Labute approximate surface area is 158 Å². The van der Waals surface area contributed by atoms with Crippen LogP contribution in [-0.4, -0.2) is 25.9 Å². The molecule has 1 aromatic carbocycles. The van der Waals surface area contributed by atoms with Gasteiger partial charge in [-0.25, -0.2) is 13.1 Å². The van der Waals surface area contributed by atoms with Crippen LogP contribution in [-0.2, 0) is 24.4 Å². The molecule has 1 aliphatic rings. The van der Waals surface area contributed by atoms with Gasteiger partial charge in [-0.1, -0.05) is 38.3 Å². The van der Waals surface area contributed by atoms with Gasteiger partial charge in [0.1, 0.15) is 0 Å².